The third-order valence-electron chi connectivity index (χ3n) is 1.93. The molecule has 0 radical (unpaired) electrons. The highest BCUT2D eigenvalue weighted by Gasteiger charge is 2.04. The van der Waals surface area contributed by atoms with Crippen LogP contribution in [-0.2, 0) is 13.6 Å². The molecule has 0 aliphatic carbocycles. The van der Waals surface area contributed by atoms with Crippen LogP contribution in [0.1, 0.15) is 5.82 Å². The number of hydrogen-bond donors (Lipinski definition) is 0. The molecule has 2 heterocycles. The van der Waals surface area contributed by atoms with Crippen molar-refractivity contribution in [3.05, 3.63) is 38.3 Å². The first kappa shape index (κ1) is 10.3. The molecule has 7 heteroatoms. The Hall–Kier alpha value is -1.25. The van der Waals surface area contributed by atoms with E-state index in [1.807, 2.05) is 22.6 Å². The lowest BCUT2D eigenvalue weighted by atomic mass is 10.5. The quantitative estimate of drug-likeness (QED) is 0.733. The average Bonchev–Trinajstić information content (AvgIpc) is 2.57. The minimum atomic E-state index is -0.134. The van der Waals surface area contributed by atoms with Gasteiger partial charge in [0.25, 0.3) is 5.56 Å². The highest BCUT2D eigenvalue weighted by molar-refractivity contribution is 14.1. The summed E-state index contributed by atoms with van der Waals surface area (Å²) in [6, 6.07) is 1.53. The molecule has 2 aromatic rings. The van der Waals surface area contributed by atoms with E-state index in [2.05, 4.69) is 15.2 Å². The second-order valence-corrected chi connectivity index (χ2v) is 4.22. The fraction of sp³-hybridized carbons (Fsp3) is 0.250. The lowest BCUT2D eigenvalue weighted by Gasteiger charge is -2.02. The van der Waals surface area contributed by atoms with Crippen LogP contribution in [0, 0.1) is 3.57 Å². The molecule has 0 fully saturated rings. The van der Waals surface area contributed by atoms with E-state index in [0.29, 0.717) is 12.4 Å². The maximum Gasteiger partial charge on any atom is 0.268 e. The molecule has 15 heavy (non-hydrogen) atoms. The van der Waals surface area contributed by atoms with Crippen molar-refractivity contribution < 1.29 is 0 Å². The Morgan fingerprint density at radius 2 is 2.27 bits per heavy atom. The van der Waals surface area contributed by atoms with Gasteiger partial charge in [0.15, 0.2) is 0 Å². The van der Waals surface area contributed by atoms with Crippen molar-refractivity contribution >= 4 is 22.6 Å². The summed E-state index contributed by atoms with van der Waals surface area (Å²) >= 11 is 2.05. The van der Waals surface area contributed by atoms with E-state index in [1.165, 1.54) is 17.1 Å². The van der Waals surface area contributed by atoms with Gasteiger partial charge in [-0.25, -0.2) is 9.67 Å². The lowest BCUT2D eigenvalue weighted by Crippen LogP contribution is -2.24. The van der Waals surface area contributed by atoms with E-state index in [0.717, 1.165) is 3.57 Å². The maximum atomic E-state index is 11.5. The molecule has 0 aliphatic rings. The number of rotatable bonds is 2. The predicted molar refractivity (Wildman–Crippen MR) is 61.3 cm³/mol. The third-order valence-corrected chi connectivity index (χ3v) is 2.52. The predicted octanol–water partition coefficient (Wildman–Crippen LogP) is 0.0247. The number of aromatic nitrogens is 5. The Bertz CT molecular complexity index is 532. The molecule has 78 valence electrons. The van der Waals surface area contributed by atoms with E-state index >= 15 is 0 Å². The third kappa shape index (κ3) is 2.22. The van der Waals surface area contributed by atoms with Crippen molar-refractivity contribution in [3.63, 3.8) is 0 Å². The van der Waals surface area contributed by atoms with E-state index in [-0.39, 0.29) is 5.56 Å². The van der Waals surface area contributed by atoms with Gasteiger partial charge in [0, 0.05) is 16.7 Å². The summed E-state index contributed by atoms with van der Waals surface area (Å²) in [5.74, 6) is 0.700. The van der Waals surface area contributed by atoms with Crippen LogP contribution in [0.15, 0.2) is 23.4 Å². The van der Waals surface area contributed by atoms with Crippen LogP contribution in [-0.4, -0.2) is 24.5 Å². The standard InChI is InChI=1S/C8H8IN5O/c1-13-7(10-5-12-13)4-14-8(15)2-6(9)3-11-14/h2-3,5H,4H2,1H3. The van der Waals surface area contributed by atoms with Crippen LogP contribution in [0.25, 0.3) is 0 Å². The van der Waals surface area contributed by atoms with E-state index in [1.54, 1.807) is 17.9 Å². The highest BCUT2D eigenvalue weighted by atomic mass is 127. The largest absolute Gasteiger partial charge is 0.268 e. The van der Waals surface area contributed by atoms with Crippen LogP contribution < -0.4 is 5.56 Å². The molecule has 0 saturated carbocycles. The molecule has 6 nitrogen and oxygen atoms in total. The van der Waals surface area contributed by atoms with Crippen LogP contribution in [0.3, 0.4) is 0 Å². The van der Waals surface area contributed by atoms with Gasteiger partial charge in [0.1, 0.15) is 18.7 Å². The number of halogens is 1. The van der Waals surface area contributed by atoms with Crippen LogP contribution in [0.5, 0.6) is 0 Å². The first-order valence-electron chi connectivity index (χ1n) is 4.22. The van der Waals surface area contributed by atoms with Gasteiger partial charge in [-0.3, -0.25) is 9.48 Å². The van der Waals surface area contributed by atoms with E-state index < -0.39 is 0 Å². The molecule has 0 unspecified atom stereocenters. The molecule has 0 aliphatic heterocycles. The van der Waals surface area contributed by atoms with Crippen molar-refractivity contribution in [1.29, 1.82) is 0 Å². The second-order valence-electron chi connectivity index (χ2n) is 2.97. The first-order chi connectivity index (χ1) is 7.16. The van der Waals surface area contributed by atoms with Crippen molar-refractivity contribution in [2.75, 3.05) is 0 Å². The van der Waals surface area contributed by atoms with Gasteiger partial charge in [-0.05, 0) is 22.6 Å². The Balaban J connectivity index is 2.33. The molecule has 0 saturated heterocycles. The van der Waals surface area contributed by atoms with Gasteiger partial charge in [-0.15, -0.1) is 0 Å². The molecule has 0 N–H and O–H groups in total. The van der Waals surface area contributed by atoms with Crippen molar-refractivity contribution in [1.82, 2.24) is 24.5 Å². The highest BCUT2D eigenvalue weighted by Crippen LogP contribution is 1.97. The summed E-state index contributed by atoms with van der Waals surface area (Å²) in [4.78, 5) is 15.5. The minimum Gasteiger partial charge on any atom is -0.268 e. The first-order valence-corrected chi connectivity index (χ1v) is 5.30. The zero-order valence-corrected chi connectivity index (χ0v) is 10.1. The summed E-state index contributed by atoms with van der Waals surface area (Å²) < 4.78 is 3.80. The molecular formula is C8H8IN5O. The smallest absolute Gasteiger partial charge is 0.268 e. The summed E-state index contributed by atoms with van der Waals surface area (Å²) in [7, 11) is 1.78. The Morgan fingerprint density at radius 3 is 2.87 bits per heavy atom. The lowest BCUT2D eigenvalue weighted by molar-refractivity contribution is 0.579. The molecule has 0 aromatic carbocycles. The van der Waals surface area contributed by atoms with Crippen LogP contribution >= 0.6 is 22.6 Å². The Labute approximate surface area is 99.1 Å². The maximum absolute atomic E-state index is 11.5. The van der Waals surface area contributed by atoms with Gasteiger partial charge >= 0.3 is 0 Å². The van der Waals surface area contributed by atoms with Crippen molar-refractivity contribution in [2.24, 2.45) is 7.05 Å². The molecule has 0 spiro atoms. The zero-order chi connectivity index (χ0) is 10.8. The van der Waals surface area contributed by atoms with E-state index in [4.69, 9.17) is 0 Å². The number of hydrogen-bond acceptors (Lipinski definition) is 4. The van der Waals surface area contributed by atoms with Gasteiger partial charge in [-0.2, -0.15) is 10.2 Å². The summed E-state index contributed by atoms with van der Waals surface area (Å²) in [5, 5.41) is 7.93. The summed E-state index contributed by atoms with van der Waals surface area (Å²) in [6.45, 7) is 0.340. The molecular weight excluding hydrogens is 309 g/mol. The number of aryl methyl sites for hydroxylation is 1. The second kappa shape index (κ2) is 4.09. The van der Waals surface area contributed by atoms with Gasteiger partial charge in [0.05, 0.1) is 6.20 Å². The van der Waals surface area contributed by atoms with Crippen molar-refractivity contribution in [3.8, 4) is 0 Å². The zero-order valence-electron chi connectivity index (χ0n) is 7.96. The van der Waals surface area contributed by atoms with E-state index in [9.17, 15) is 4.79 Å². The van der Waals surface area contributed by atoms with Gasteiger partial charge < -0.3 is 0 Å². The van der Waals surface area contributed by atoms with Crippen molar-refractivity contribution in [2.45, 2.75) is 6.54 Å². The molecule has 0 bridgehead atoms. The summed E-state index contributed by atoms with van der Waals surface area (Å²) in [6.07, 6.45) is 3.09. The SMILES string of the molecule is Cn1ncnc1Cn1ncc(I)cc1=O. The normalized spacial score (nSPS) is 10.5. The van der Waals surface area contributed by atoms with Gasteiger partial charge in [-0.1, -0.05) is 0 Å². The fourth-order valence-corrected chi connectivity index (χ4v) is 1.52. The topological polar surface area (TPSA) is 65.6 Å². The van der Waals surface area contributed by atoms with Gasteiger partial charge in [0.2, 0.25) is 0 Å². The molecule has 0 atom stereocenters. The fourth-order valence-electron chi connectivity index (χ4n) is 1.13. The molecule has 0 amide bonds. The van der Waals surface area contributed by atoms with Crippen LogP contribution in [0.2, 0.25) is 0 Å². The molecule has 2 rings (SSSR count). The minimum absolute atomic E-state index is 0.134. The average molecular weight is 317 g/mol. The monoisotopic (exact) mass is 317 g/mol. The Kier molecular flexibility index (Phi) is 2.80. The number of nitrogens with zero attached hydrogens (tertiary/aromatic N) is 5. The summed E-state index contributed by atoms with van der Waals surface area (Å²) in [5.41, 5.74) is -0.134. The Morgan fingerprint density at radius 1 is 1.47 bits per heavy atom. The van der Waals surface area contributed by atoms with Crippen LogP contribution in [0.4, 0.5) is 0 Å². The molecule has 2 aromatic heterocycles.